The molecule has 0 fully saturated rings. The molecule has 0 amide bonds. The molecule has 0 radical (unpaired) electrons. The first-order valence-electron chi connectivity index (χ1n) is 8.00. The molecule has 138 valence electrons. The van der Waals surface area contributed by atoms with Crippen LogP contribution in [0.4, 0.5) is 5.69 Å². The topological polar surface area (TPSA) is 80.7 Å². The lowest BCUT2D eigenvalue weighted by molar-refractivity contribution is -0.384. The van der Waals surface area contributed by atoms with Crippen LogP contribution in [0, 0.1) is 17.0 Å². The lowest BCUT2D eigenvalue weighted by Gasteiger charge is -2.05. The van der Waals surface area contributed by atoms with Crippen molar-refractivity contribution in [1.82, 2.24) is 5.43 Å². The SMILES string of the molecule is Cc1ccc(-c2ccc(/C=N\NCc3c(Cl)cccc3Cl)o2)c([N+](=O)[O-])c1. The number of hydrogen-bond acceptors (Lipinski definition) is 5. The van der Waals surface area contributed by atoms with Crippen LogP contribution in [0.25, 0.3) is 11.3 Å². The fourth-order valence-corrected chi connectivity index (χ4v) is 3.03. The predicted octanol–water partition coefficient (Wildman–Crippen LogP) is 5.59. The number of hydrazone groups is 1. The minimum Gasteiger partial charge on any atom is -0.455 e. The molecule has 1 N–H and O–H groups in total. The molecule has 0 bridgehead atoms. The Morgan fingerprint density at radius 2 is 1.93 bits per heavy atom. The van der Waals surface area contributed by atoms with Crippen LogP contribution in [-0.4, -0.2) is 11.1 Å². The Kier molecular flexibility index (Phi) is 5.78. The van der Waals surface area contributed by atoms with Crippen LogP contribution in [0.3, 0.4) is 0 Å². The third-order valence-corrected chi connectivity index (χ3v) is 4.55. The number of nitro benzene ring substituents is 1. The smallest absolute Gasteiger partial charge is 0.280 e. The van der Waals surface area contributed by atoms with Crippen LogP contribution in [0.1, 0.15) is 16.9 Å². The zero-order valence-electron chi connectivity index (χ0n) is 14.3. The van der Waals surface area contributed by atoms with Crippen molar-refractivity contribution < 1.29 is 9.34 Å². The van der Waals surface area contributed by atoms with E-state index in [0.29, 0.717) is 33.7 Å². The molecule has 0 spiro atoms. The quantitative estimate of drug-likeness (QED) is 0.330. The van der Waals surface area contributed by atoms with Crippen molar-refractivity contribution in [3.8, 4) is 11.3 Å². The molecule has 1 heterocycles. The Labute approximate surface area is 165 Å². The summed E-state index contributed by atoms with van der Waals surface area (Å²) in [4.78, 5) is 10.8. The van der Waals surface area contributed by atoms with Crippen LogP contribution in [-0.2, 0) is 6.54 Å². The van der Waals surface area contributed by atoms with Crippen molar-refractivity contribution in [2.24, 2.45) is 5.10 Å². The molecular formula is C19H15Cl2N3O3. The second-order valence-corrected chi connectivity index (χ2v) is 6.59. The fraction of sp³-hybridized carbons (Fsp3) is 0.105. The van der Waals surface area contributed by atoms with Gasteiger partial charge >= 0.3 is 0 Å². The Bertz CT molecular complexity index is 995. The van der Waals surface area contributed by atoms with Gasteiger partial charge in [-0.2, -0.15) is 5.10 Å². The van der Waals surface area contributed by atoms with E-state index in [1.165, 1.54) is 12.3 Å². The first-order valence-corrected chi connectivity index (χ1v) is 8.75. The summed E-state index contributed by atoms with van der Waals surface area (Å²) in [5, 5.41) is 16.4. The molecule has 1 aromatic heterocycles. The molecule has 3 aromatic rings. The van der Waals surface area contributed by atoms with Crippen molar-refractivity contribution >= 4 is 35.1 Å². The number of benzene rings is 2. The number of nitrogens with zero attached hydrogens (tertiary/aromatic N) is 2. The highest BCUT2D eigenvalue weighted by molar-refractivity contribution is 6.35. The van der Waals surface area contributed by atoms with E-state index in [1.54, 1.807) is 49.4 Å². The minimum absolute atomic E-state index is 0.000625. The number of nitrogens with one attached hydrogen (secondary N) is 1. The molecule has 0 unspecified atom stereocenters. The van der Waals surface area contributed by atoms with E-state index in [4.69, 9.17) is 27.6 Å². The summed E-state index contributed by atoms with van der Waals surface area (Å²) in [5.41, 5.74) is 4.82. The molecule has 27 heavy (non-hydrogen) atoms. The van der Waals surface area contributed by atoms with E-state index < -0.39 is 4.92 Å². The maximum atomic E-state index is 11.3. The van der Waals surface area contributed by atoms with Gasteiger partial charge in [-0.15, -0.1) is 0 Å². The molecule has 0 aliphatic rings. The van der Waals surface area contributed by atoms with Crippen molar-refractivity contribution in [3.63, 3.8) is 0 Å². The predicted molar refractivity (Wildman–Crippen MR) is 106 cm³/mol. The van der Waals surface area contributed by atoms with Gasteiger partial charge in [0.2, 0.25) is 0 Å². The molecule has 0 saturated heterocycles. The van der Waals surface area contributed by atoms with Gasteiger partial charge in [-0.3, -0.25) is 10.1 Å². The van der Waals surface area contributed by atoms with Crippen LogP contribution >= 0.6 is 23.2 Å². The van der Waals surface area contributed by atoms with E-state index >= 15 is 0 Å². The van der Waals surface area contributed by atoms with Crippen molar-refractivity contribution in [2.45, 2.75) is 13.5 Å². The van der Waals surface area contributed by atoms with E-state index in [-0.39, 0.29) is 5.69 Å². The molecule has 0 saturated carbocycles. The Morgan fingerprint density at radius 3 is 2.63 bits per heavy atom. The molecule has 3 rings (SSSR count). The van der Waals surface area contributed by atoms with Gasteiger partial charge in [0, 0.05) is 21.7 Å². The highest BCUT2D eigenvalue weighted by atomic mass is 35.5. The van der Waals surface area contributed by atoms with Gasteiger partial charge in [-0.05, 0) is 42.8 Å². The van der Waals surface area contributed by atoms with E-state index in [0.717, 1.165) is 11.1 Å². The van der Waals surface area contributed by atoms with E-state index in [1.807, 2.05) is 0 Å². The summed E-state index contributed by atoms with van der Waals surface area (Å²) in [6, 6.07) is 13.6. The van der Waals surface area contributed by atoms with Crippen LogP contribution in [0.2, 0.25) is 10.0 Å². The first-order chi connectivity index (χ1) is 13.0. The number of rotatable bonds is 6. The van der Waals surface area contributed by atoms with Crippen molar-refractivity contribution in [2.75, 3.05) is 0 Å². The van der Waals surface area contributed by atoms with Gasteiger partial charge < -0.3 is 9.84 Å². The number of halogens is 2. The van der Waals surface area contributed by atoms with Crippen LogP contribution in [0.5, 0.6) is 0 Å². The molecule has 0 atom stereocenters. The zero-order chi connectivity index (χ0) is 19.4. The molecule has 8 heteroatoms. The summed E-state index contributed by atoms with van der Waals surface area (Å²) >= 11 is 12.2. The van der Waals surface area contributed by atoms with E-state index in [2.05, 4.69) is 10.5 Å². The third-order valence-electron chi connectivity index (χ3n) is 3.84. The number of nitro groups is 1. The standard InChI is InChI=1S/C19H15Cl2N3O3/c1-12-5-7-14(18(9-12)24(25)26)19-8-6-13(27-19)10-22-23-11-15-16(20)3-2-4-17(15)21/h2-10,23H,11H2,1H3/b22-10-. The second kappa shape index (κ2) is 8.24. The van der Waals surface area contributed by atoms with Crippen molar-refractivity contribution in [3.05, 3.63) is 85.6 Å². The molecular weight excluding hydrogens is 389 g/mol. The average molecular weight is 404 g/mol. The second-order valence-electron chi connectivity index (χ2n) is 5.77. The number of hydrogen-bond donors (Lipinski definition) is 1. The first kappa shape index (κ1) is 18.9. The number of aryl methyl sites for hydroxylation is 1. The lowest BCUT2D eigenvalue weighted by atomic mass is 10.1. The molecule has 0 aliphatic heterocycles. The van der Waals surface area contributed by atoms with Gasteiger partial charge in [0.1, 0.15) is 11.5 Å². The minimum atomic E-state index is -0.423. The zero-order valence-corrected chi connectivity index (χ0v) is 15.8. The summed E-state index contributed by atoms with van der Waals surface area (Å²) in [5.74, 6) is 0.856. The van der Waals surface area contributed by atoms with Gasteiger partial charge in [0.05, 0.1) is 23.2 Å². The molecule has 6 nitrogen and oxygen atoms in total. The summed E-state index contributed by atoms with van der Waals surface area (Å²) < 4.78 is 5.65. The molecule has 2 aromatic carbocycles. The monoisotopic (exact) mass is 403 g/mol. The summed E-state index contributed by atoms with van der Waals surface area (Å²) in [7, 11) is 0. The third kappa shape index (κ3) is 4.48. The van der Waals surface area contributed by atoms with Gasteiger partial charge in [-0.1, -0.05) is 35.3 Å². The van der Waals surface area contributed by atoms with Gasteiger partial charge in [0.15, 0.2) is 0 Å². The van der Waals surface area contributed by atoms with Crippen LogP contribution in [0.15, 0.2) is 58.0 Å². The Morgan fingerprint density at radius 1 is 1.19 bits per heavy atom. The average Bonchev–Trinajstić information content (AvgIpc) is 3.09. The highest BCUT2D eigenvalue weighted by Gasteiger charge is 2.18. The lowest BCUT2D eigenvalue weighted by Crippen LogP contribution is -2.06. The van der Waals surface area contributed by atoms with Crippen molar-refractivity contribution in [1.29, 1.82) is 0 Å². The van der Waals surface area contributed by atoms with Gasteiger partial charge in [-0.25, -0.2) is 0 Å². The Balaban J connectivity index is 1.72. The maximum absolute atomic E-state index is 11.3. The summed E-state index contributed by atoms with van der Waals surface area (Å²) in [6.07, 6.45) is 1.48. The Hall–Kier alpha value is -2.83. The fourth-order valence-electron chi connectivity index (χ4n) is 2.50. The summed E-state index contributed by atoms with van der Waals surface area (Å²) in [6.45, 7) is 2.15. The highest BCUT2D eigenvalue weighted by Crippen LogP contribution is 2.31. The maximum Gasteiger partial charge on any atom is 0.280 e. The number of furan rings is 1. The largest absolute Gasteiger partial charge is 0.455 e. The van der Waals surface area contributed by atoms with Crippen LogP contribution < -0.4 is 5.43 Å². The normalized spacial score (nSPS) is 11.1. The molecule has 0 aliphatic carbocycles. The van der Waals surface area contributed by atoms with E-state index in [9.17, 15) is 10.1 Å². The van der Waals surface area contributed by atoms with Gasteiger partial charge in [0.25, 0.3) is 5.69 Å².